The Morgan fingerprint density at radius 3 is 2.18 bits per heavy atom. The summed E-state index contributed by atoms with van der Waals surface area (Å²) in [5.74, 6) is -7.79. The normalized spacial score (nSPS) is 24.5. The zero-order chi connectivity index (χ0) is 31.6. The number of rotatable bonds is 6. The number of nitrogens with zero attached hydrogens (tertiary/aromatic N) is 2. The van der Waals surface area contributed by atoms with Crippen LogP contribution in [0.2, 0.25) is 0 Å². The first kappa shape index (κ1) is 36.8. The number of aliphatic hydroxyl groups is 3. The summed E-state index contributed by atoms with van der Waals surface area (Å²) in [5, 5.41) is 51.3. The Morgan fingerprint density at radius 1 is 1.09 bits per heavy atom. The van der Waals surface area contributed by atoms with Crippen LogP contribution in [-0.4, -0.2) is 101 Å². The molecule has 0 radical (unpaired) electrons. The number of primary amides is 1. The van der Waals surface area contributed by atoms with Gasteiger partial charge in [-0.05, 0) is 65.3 Å². The van der Waals surface area contributed by atoms with Crippen molar-refractivity contribution < 1.29 is 39.6 Å². The largest absolute Gasteiger partial charge is 0.508 e. The highest BCUT2D eigenvalue weighted by atomic mass is 35.5. The van der Waals surface area contributed by atoms with Crippen LogP contribution in [0.15, 0.2) is 23.0 Å². The molecule has 4 rings (SSSR count). The zero-order valence-electron chi connectivity index (χ0n) is 25.6. The Kier molecular flexibility index (Phi) is 10.5. The van der Waals surface area contributed by atoms with Gasteiger partial charge >= 0.3 is 0 Å². The number of hydrogen-bond donors (Lipinski definition) is 7. The number of amides is 2. The van der Waals surface area contributed by atoms with Gasteiger partial charge in [0.2, 0.25) is 11.7 Å². The fraction of sp³-hybridized carbons (Fsp3) is 0.517. The molecule has 44 heavy (non-hydrogen) atoms. The summed E-state index contributed by atoms with van der Waals surface area (Å²) in [5.41, 5.74) is 2.11. The fourth-order valence-electron chi connectivity index (χ4n) is 6.33. The van der Waals surface area contributed by atoms with Gasteiger partial charge in [0.1, 0.15) is 22.8 Å². The van der Waals surface area contributed by atoms with Crippen molar-refractivity contribution in [2.45, 2.75) is 50.8 Å². The summed E-state index contributed by atoms with van der Waals surface area (Å²) in [6.07, 6.45) is 0.117. The van der Waals surface area contributed by atoms with Crippen LogP contribution in [0.4, 0.5) is 11.4 Å². The van der Waals surface area contributed by atoms with E-state index in [9.17, 15) is 39.6 Å². The van der Waals surface area contributed by atoms with E-state index in [1.165, 1.54) is 4.90 Å². The van der Waals surface area contributed by atoms with Crippen LogP contribution in [0.1, 0.15) is 38.3 Å². The molecule has 0 heterocycles. The molecule has 1 aromatic rings. The maximum atomic E-state index is 14.0. The number of likely N-dealkylation sites (N-methyl/N-ethyl adjacent to an activating group) is 1. The minimum absolute atomic E-state index is 0. The number of hydrogen-bond acceptors (Lipinski definition) is 11. The Bertz CT molecular complexity index is 1470. The molecule has 3 aliphatic rings. The van der Waals surface area contributed by atoms with Gasteiger partial charge < -0.3 is 41.7 Å². The molecule has 1 aromatic carbocycles. The molecule has 0 unspecified atom stereocenters. The van der Waals surface area contributed by atoms with E-state index in [0.717, 1.165) is 0 Å². The van der Waals surface area contributed by atoms with Crippen molar-refractivity contribution in [1.82, 2.24) is 10.2 Å². The molecule has 1 fully saturated rings. The number of anilines is 2. The first-order valence-corrected chi connectivity index (χ1v) is 13.6. The third-order valence-corrected chi connectivity index (χ3v) is 8.23. The van der Waals surface area contributed by atoms with Gasteiger partial charge in [-0.15, -0.1) is 24.8 Å². The Labute approximate surface area is 268 Å². The molecular formula is C29H41Cl2N5O8. The number of carbonyl (C=O) groups is 4. The Balaban J connectivity index is 0.00000337. The van der Waals surface area contributed by atoms with Crippen molar-refractivity contribution in [3.05, 3.63) is 34.1 Å². The average Bonchev–Trinajstić information content (AvgIpc) is 2.85. The third-order valence-electron chi connectivity index (χ3n) is 8.23. The highest BCUT2D eigenvalue weighted by molar-refractivity contribution is 6.24. The molecular weight excluding hydrogens is 617 g/mol. The van der Waals surface area contributed by atoms with Gasteiger partial charge in [0.15, 0.2) is 11.4 Å². The zero-order valence-corrected chi connectivity index (χ0v) is 27.3. The number of carbonyl (C=O) groups excluding carboxylic acids is 4. The van der Waals surface area contributed by atoms with Crippen molar-refractivity contribution in [2.75, 3.05) is 45.0 Å². The number of nitrogens with one attached hydrogen (secondary N) is 2. The second kappa shape index (κ2) is 12.6. The monoisotopic (exact) mass is 657 g/mol. The number of nitrogens with two attached hydrogens (primary N) is 1. The molecule has 0 saturated heterocycles. The number of benzene rings is 1. The summed E-state index contributed by atoms with van der Waals surface area (Å²) in [4.78, 5) is 55.3. The van der Waals surface area contributed by atoms with Crippen LogP contribution < -0.4 is 21.3 Å². The fourth-order valence-corrected chi connectivity index (χ4v) is 6.33. The van der Waals surface area contributed by atoms with E-state index >= 15 is 0 Å². The number of phenols is 1. The summed E-state index contributed by atoms with van der Waals surface area (Å²) in [7, 11) is 6.58. The maximum absolute atomic E-state index is 14.0. The van der Waals surface area contributed by atoms with E-state index in [4.69, 9.17) is 5.73 Å². The second-order valence-electron chi connectivity index (χ2n) is 12.7. The van der Waals surface area contributed by atoms with Gasteiger partial charge in [-0.25, -0.2) is 0 Å². The van der Waals surface area contributed by atoms with Crippen molar-refractivity contribution in [3.63, 3.8) is 0 Å². The van der Waals surface area contributed by atoms with Gasteiger partial charge in [0, 0.05) is 36.8 Å². The van der Waals surface area contributed by atoms with Crippen molar-refractivity contribution in [2.24, 2.45) is 17.6 Å². The van der Waals surface area contributed by atoms with E-state index in [0.29, 0.717) is 11.3 Å². The summed E-state index contributed by atoms with van der Waals surface area (Å²) in [6.45, 7) is 5.62. The van der Waals surface area contributed by atoms with Crippen LogP contribution in [0.3, 0.4) is 0 Å². The number of fused-ring (bicyclic) bond motifs is 3. The standard InChI is InChI=1S/C29H39N5O8.2ClH/c1-28(2,3)31-11-17(35)32-15-10-16(33(4)5)13-8-12-9-14-21(34(6)7)24(38)20(27(30)41)26(40)29(14,42)25(39)18(12)23(37)19(13)22(15)36;;/h10,12,14,21,31,36-37,40,42H,8-9,11H2,1-7H3,(H2,30,41)(H,32,35);2*1H/t12-,14-,21-,29-;;/m0../s1. The summed E-state index contributed by atoms with van der Waals surface area (Å²) in [6, 6.07) is 0.409. The Morgan fingerprint density at radius 2 is 1.68 bits per heavy atom. The van der Waals surface area contributed by atoms with Crippen LogP contribution in [-0.2, 0) is 25.6 Å². The van der Waals surface area contributed by atoms with E-state index < -0.39 is 69.7 Å². The molecule has 0 aliphatic heterocycles. The SMILES string of the molecule is CN(C)c1cc(NC(=O)CNC(C)(C)C)c(O)c2c1C[C@H]1C[C@H]3[C@H](N(C)C)C(=O)C(C(N)=O)=C(O)[C@@]3(O)C(=O)C1=C2O.Cl.Cl. The lowest BCUT2D eigenvalue weighted by Crippen LogP contribution is -2.65. The number of ketones is 2. The summed E-state index contributed by atoms with van der Waals surface area (Å²) >= 11 is 0. The van der Waals surface area contributed by atoms with Gasteiger partial charge in [-0.1, -0.05) is 0 Å². The molecule has 0 bridgehead atoms. The molecule has 3 aliphatic carbocycles. The van der Waals surface area contributed by atoms with Crippen LogP contribution in [0.25, 0.3) is 5.76 Å². The highest BCUT2D eigenvalue weighted by Gasteiger charge is 2.64. The molecule has 15 heteroatoms. The number of Topliss-reactive ketones (excluding diaryl/α,β-unsaturated/α-hetero) is 2. The third kappa shape index (κ3) is 5.86. The molecule has 0 aromatic heterocycles. The molecule has 2 amide bonds. The molecule has 8 N–H and O–H groups in total. The predicted molar refractivity (Wildman–Crippen MR) is 169 cm³/mol. The predicted octanol–water partition coefficient (Wildman–Crippen LogP) is 1.20. The smallest absolute Gasteiger partial charge is 0.255 e. The number of phenolic OH excluding ortho intramolecular Hbond substituents is 1. The van der Waals surface area contributed by atoms with Crippen LogP contribution in [0, 0.1) is 11.8 Å². The summed E-state index contributed by atoms with van der Waals surface area (Å²) < 4.78 is 0. The van der Waals surface area contributed by atoms with Crippen LogP contribution in [0.5, 0.6) is 5.75 Å². The van der Waals surface area contributed by atoms with Crippen LogP contribution >= 0.6 is 24.8 Å². The molecule has 1 saturated carbocycles. The van der Waals surface area contributed by atoms with Gasteiger partial charge in [0.25, 0.3) is 5.91 Å². The molecule has 0 spiro atoms. The number of halogens is 2. The molecule has 4 atom stereocenters. The second-order valence-corrected chi connectivity index (χ2v) is 12.7. The minimum Gasteiger partial charge on any atom is -0.508 e. The van der Waals surface area contributed by atoms with Crippen molar-refractivity contribution >= 4 is 65.3 Å². The van der Waals surface area contributed by atoms with E-state index in [-0.39, 0.29) is 66.6 Å². The lowest BCUT2D eigenvalue weighted by atomic mass is 9.57. The number of aliphatic hydroxyl groups excluding tert-OH is 2. The quantitative estimate of drug-likeness (QED) is 0.171. The average molecular weight is 659 g/mol. The Hall–Kier alpha value is -3.36. The first-order valence-electron chi connectivity index (χ1n) is 13.6. The van der Waals surface area contributed by atoms with Gasteiger partial charge in [0.05, 0.1) is 23.8 Å². The van der Waals surface area contributed by atoms with Crippen molar-refractivity contribution in [3.8, 4) is 5.75 Å². The molecule has 244 valence electrons. The van der Waals surface area contributed by atoms with E-state index in [1.54, 1.807) is 39.2 Å². The van der Waals surface area contributed by atoms with E-state index in [2.05, 4.69) is 10.6 Å². The molecule has 13 nitrogen and oxygen atoms in total. The van der Waals surface area contributed by atoms with E-state index in [1.807, 2.05) is 20.8 Å². The lowest BCUT2D eigenvalue weighted by Gasteiger charge is -2.50. The van der Waals surface area contributed by atoms with Crippen molar-refractivity contribution in [1.29, 1.82) is 0 Å². The first-order chi connectivity index (χ1) is 19.3. The minimum atomic E-state index is -2.73. The topological polar surface area (TPSA) is 206 Å². The lowest BCUT2D eigenvalue weighted by molar-refractivity contribution is -0.153. The van der Waals surface area contributed by atoms with Gasteiger partial charge in [-0.2, -0.15) is 0 Å². The maximum Gasteiger partial charge on any atom is 0.255 e. The van der Waals surface area contributed by atoms with Gasteiger partial charge in [-0.3, -0.25) is 24.1 Å². The highest BCUT2D eigenvalue weighted by Crippen LogP contribution is 2.54. The number of aromatic hydroxyl groups is 1.